The molecular formula is C11H13BrN2O2S. The monoisotopic (exact) mass is 316 g/mol. The van der Waals surface area contributed by atoms with Crippen molar-refractivity contribution in [2.24, 2.45) is 0 Å². The molecular weight excluding hydrogens is 304 g/mol. The predicted octanol–water partition coefficient (Wildman–Crippen LogP) is 1.72. The number of nitrogens with two attached hydrogens (primary N) is 1. The zero-order valence-corrected chi connectivity index (χ0v) is 11.5. The van der Waals surface area contributed by atoms with Gasteiger partial charge in [0.2, 0.25) is 10.0 Å². The second-order valence-electron chi connectivity index (χ2n) is 3.39. The first-order valence-corrected chi connectivity index (χ1v) is 7.23. The fourth-order valence-corrected chi connectivity index (χ4v) is 2.79. The van der Waals surface area contributed by atoms with Gasteiger partial charge in [-0.15, -0.1) is 12.3 Å². The molecule has 1 rings (SSSR count). The third kappa shape index (κ3) is 4.04. The lowest BCUT2D eigenvalue weighted by Crippen LogP contribution is -2.24. The fraction of sp³-hybridized carbons (Fsp3) is 0.273. The molecule has 0 saturated carbocycles. The summed E-state index contributed by atoms with van der Waals surface area (Å²) in [5, 5.41) is 0. The number of terminal acetylenes is 1. The van der Waals surface area contributed by atoms with Gasteiger partial charge in [-0.3, -0.25) is 0 Å². The lowest BCUT2D eigenvalue weighted by Gasteiger charge is -2.07. The Kier molecular flexibility index (Phi) is 5.00. The van der Waals surface area contributed by atoms with Crippen LogP contribution in [-0.2, 0) is 10.0 Å². The zero-order chi connectivity index (χ0) is 12.9. The highest BCUT2D eigenvalue weighted by Gasteiger charge is 2.13. The van der Waals surface area contributed by atoms with Gasteiger partial charge in [-0.1, -0.05) is 0 Å². The topological polar surface area (TPSA) is 72.2 Å². The van der Waals surface area contributed by atoms with Gasteiger partial charge in [0, 0.05) is 23.1 Å². The van der Waals surface area contributed by atoms with E-state index in [4.69, 9.17) is 12.2 Å². The smallest absolute Gasteiger partial charge is 0.240 e. The summed E-state index contributed by atoms with van der Waals surface area (Å²) in [6, 6.07) is 4.47. The molecule has 17 heavy (non-hydrogen) atoms. The Balaban J connectivity index is 2.76. The molecule has 0 spiro atoms. The van der Waals surface area contributed by atoms with Crippen LogP contribution in [0.5, 0.6) is 0 Å². The summed E-state index contributed by atoms with van der Waals surface area (Å²) in [5.41, 5.74) is 6.08. The molecule has 0 amide bonds. The van der Waals surface area contributed by atoms with Crippen LogP contribution in [0, 0.1) is 12.3 Å². The van der Waals surface area contributed by atoms with Crippen LogP contribution in [-0.4, -0.2) is 15.0 Å². The molecule has 6 heteroatoms. The number of hydrogen-bond donors (Lipinski definition) is 2. The van der Waals surface area contributed by atoms with Gasteiger partial charge in [-0.05, 0) is 40.5 Å². The summed E-state index contributed by atoms with van der Waals surface area (Å²) in [7, 11) is -3.48. The number of nitrogen functional groups attached to an aromatic ring is 1. The zero-order valence-electron chi connectivity index (χ0n) is 9.11. The molecule has 1 aromatic rings. The standard InChI is InChI=1S/C11H13BrN2O2S/c1-2-3-4-7-14-17(15,16)9-5-6-11(13)10(12)8-9/h1,5-6,8,14H,3-4,7,13H2. The van der Waals surface area contributed by atoms with Crippen molar-refractivity contribution < 1.29 is 8.42 Å². The van der Waals surface area contributed by atoms with E-state index in [0.29, 0.717) is 29.5 Å². The van der Waals surface area contributed by atoms with Gasteiger partial charge in [-0.2, -0.15) is 0 Å². The van der Waals surface area contributed by atoms with Gasteiger partial charge in [0.25, 0.3) is 0 Å². The molecule has 0 saturated heterocycles. The van der Waals surface area contributed by atoms with E-state index in [0.717, 1.165) is 0 Å². The highest BCUT2D eigenvalue weighted by molar-refractivity contribution is 9.10. The highest BCUT2D eigenvalue weighted by atomic mass is 79.9. The molecule has 0 aromatic heterocycles. The molecule has 0 aliphatic carbocycles. The molecule has 0 unspecified atom stereocenters. The minimum absolute atomic E-state index is 0.180. The van der Waals surface area contributed by atoms with Gasteiger partial charge >= 0.3 is 0 Å². The van der Waals surface area contributed by atoms with E-state index in [1.807, 2.05) is 0 Å². The fourth-order valence-electron chi connectivity index (χ4n) is 1.16. The van der Waals surface area contributed by atoms with E-state index in [1.165, 1.54) is 12.1 Å². The average molecular weight is 317 g/mol. The summed E-state index contributed by atoms with van der Waals surface area (Å²) in [6.45, 7) is 0.328. The summed E-state index contributed by atoms with van der Waals surface area (Å²) in [4.78, 5) is 0.180. The van der Waals surface area contributed by atoms with Crippen LogP contribution in [0.3, 0.4) is 0 Å². The van der Waals surface area contributed by atoms with E-state index in [1.54, 1.807) is 6.07 Å². The van der Waals surface area contributed by atoms with Crippen molar-refractivity contribution in [3.63, 3.8) is 0 Å². The van der Waals surface area contributed by atoms with E-state index in [9.17, 15) is 8.42 Å². The van der Waals surface area contributed by atoms with E-state index >= 15 is 0 Å². The molecule has 0 heterocycles. The van der Waals surface area contributed by atoms with Gasteiger partial charge in [0.05, 0.1) is 4.90 Å². The minimum atomic E-state index is -3.48. The lowest BCUT2D eigenvalue weighted by atomic mass is 10.3. The summed E-state index contributed by atoms with van der Waals surface area (Å²) in [6.07, 6.45) is 6.25. The molecule has 92 valence electrons. The Morgan fingerprint density at radius 3 is 2.76 bits per heavy atom. The van der Waals surface area contributed by atoms with Gasteiger partial charge < -0.3 is 5.73 Å². The third-order valence-corrected chi connectivity index (χ3v) is 4.22. The van der Waals surface area contributed by atoms with Crippen LogP contribution in [0.25, 0.3) is 0 Å². The maximum Gasteiger partial charge on any atom is 0.240 e. The molecule has 0 bridgehead atoms. The van der Waals surface area contributed by atoms with Crippen LogP contribution < -0.4 is 10.5 Å². The van der Waals surface area contributed by atoms with Crippen molar-refractivity contribution in [3.05, 3.63) is 22.7 Å². The summed E-state index contributed by atoms with van der Waals surface area (Å²) in [5.74, 6) is 2.45. The Hall–Kier alpha value is -1.03. The number of hydrogen-bond acceptors (Lipinski definition) is 3. The first kappa shape index (κ1) is 14.0. The highest BCUT2D eigenvalue weighted by Crippen LogP contribution is 2.22. The van der Waals surface area contributed by atoms with Gasteiger partial charge in [-0.25, -0.2) is 13.1 Å². The van der Waals surface area contributed by atoms with Crippen molar-refractivity contribution in [1.29, 1.82) is 0 Å². The van der Waals surface area contributed by atoms with Crippen LogP contribution in [0.1, 0.15) is 12.8 Å². The normalized spacial score (nSPS) is 11.1. The van der Waals surface area contributed by atoms with Crippen LogP contribution in [0.15, 0.2) is 27.6 Å². The molecule has 0 aliphatic rings. The first-order chi connectivity index (χ1) is 7.97. The quantitative estimate of drug-likeness (QED) is 0.493. The van der Waals surface area contributed by atoms with E-state index in [2.05, 4.69) is 26.6 Å². The number of halogens is 1. The Morgan fingerprint density at radius 2 is 2.18 bits per heavy atom. The number of benzene rings is 1. The van der Waals surface area contributed by atoms with E-state index < -0.39 is 10.0 Å². The lowest BCUT2D eigenvalue weighted by molar-refractivity contribution is 0.579. The molecule has 0 fully saturated rings. The number of unbranched alkanes of at least 4 members (excludes halogenated alkanes) is 1. The summed E-state index contributed by atoms with van der Waals surface area (Å²) >= 11 is 3.19. The number of rotatable bonds is 5. The van der Waals surface area contributed by atoms with Gasteiger partial charge in [0.1, 0.15) is 0 Å². The first-order valence-electron chi connectivity index (χ1n) is 4.95. The van der Waals surface area contributed by atoms with Crippen molar-refractivity contribution >= 4 is 31.6 Å². The molecule has 0 aliphatic heterocycles. The van der Waals surface area contributed by atoms with E-state index in [-0.39, 0.29) is 4.90 Å². The minimum Gasteiger partial charge on any atom is -0.398 e. The van der Waals surface area contributed by atoms with Crippen molar-refractivity contribution in [2.45, 2.75) is 17.7 Å². The Bertz CT molecular complexity index is 535. The van der Waals surface area contributed by atoms with Gasteiger partial charge in [0.15, 0.2) is 0 Å². The maximum absolute atomic E-state index is 11.8. The Labute approximate surface area is 110 Å². The van der Waals surface area contributed by atoms with Crippen LogP contribution >= 0.6 is 15.9 Å². The molecule has 0 atom stereocenters. The predicted molar refractivity (Wildman–Crippen MR) is 71.8 cm³/mol. The van der Waals surface area contributed by atoms with Crippen LogP contribution in [0.4, 0.5) is 5.69 Å². The Morgan fingerprint density at radius 1 is 1.47 bits per heavy atom. The van der Waals surface area contributed by atoms with Crippen molar-refractivity contribution in [2.75, 3.05) is 12.3 Å². The average Bonchev–Trinajstić information content (AvgIpc) is 2.28. The molecule has 4 nitrogen and oxygen atoms in total. The molecule has 3 N–H and O–H groups in total. The number of sulfonamides is 1. The molecule has 1 aromatic carbocycles. The maximum atomic E-state index is 11.8. The number of nitrogens with one attached hydrogen (secondary N) is 1. The second-order valence-corrected chi connectivity index (χ2v) is 6.01. The largest absolute Gasteiger partial charge is 0.398 e. The van der Waals surface area contributed by atoms with Crippen LogP contribution in [0.2, 0.25) is 0 Å². The third-order valence-electron chi connectivity index (χ3n) is 2.07. The molecule has 0 radical (unpaired) electrons. The number of anilines is 1. The van der Waals surface area contributed by atoms with Crippen molar-refractivity contribution in [3.8, 4) is 12.3 Å². The SMILES string of the molecule is C#CCCCNS(=O)(=O)c1ccc(N)c(Br)c1. The summed E-state index contributed by atoms with van der Waals surface area (Å²) < 4.78 is 26.7. The van der Waals surface area contributed by atoms with Crippen molar-refractivity contribution in [1.82, 2.24) is 4.72 Å². The second kappa shape index (κ2) is 6.05.